The molecule has 12 heavy (non-hydrogen) atoms. The molecule has 0 fully saturated rings. The second-order valence-corrected chi connectivity index (χ2v) is 2.48. The van der Waals surface area contributed by atoms with Crippen molar-refractivity contribution in [2.24, 2.45) is 0 Å². The fourth-order valence-electron chi connectivity index (χ4n) is 0.927. The highest BCUT2D eigenvalue weighted by molar-refractivity contribution is 5.78. The van der Waals surface area contributed by atoms with E-state index < -0.39 is 0 Å². The van der Waals surface area contributed by atoms with E-state index in [1.165, 1.54) is 7.11 Å². The van der Waals surface area contributed by atoms with Crippen LogP contribution in [0.2, 0.25) is 0 Å². The third kappa shape index (κ3) is 1.85. The molecule has 1 unspecified atom stereocenters. The summed E-state index contributed by atoms with van der Waals surface area (Å²) in [7, 11) is 1.42. The van der Waals surface area contributed by atoms with Crippen LogP contribution in [0.3, 0.4) is 0 Å². The fourth-order valence-corrected chi connectivity index (χ4v) is 0.927. The molecule has 0 bridgehead atoms. The molecule has 0 radical (unpaired) electrons. The van der Waals surface area contributed by atoms with Gasteiger partial charge in [0.1, 0.15) is 6.04 Å². The highest BCUT2D eigenvalue weighted by Crippen LogP contribution is 2.04. The first kappa shape index (κ1) is 8.80. The van der Waals surface area contributed by atoms with Gasteiger partial charge in [-0.1, -0.05) is 0 Å². The Morgan fingerprint density at radius 3 is 2.58 bits per heavy atom. The van der Waals surface area contributed by atoms with E-state index in [2.05, 4.69) is 10.3 Å². The summed E-state index contributed by atoms with van der Waals surface area (Å²) in [6, 6.07) is 3.51. The molecule has 0 spiro atoms. The lowest BCUT2D eigenvalue weighted by Gasteiger charge is -2.11. The predicted molar refractivity (Wildman–Crippen MR) is 44.3 cm³/mol. The summed E-state index contributed by atoms with van der Waals surface area (Å²) in [5, 5.41) is 0. The Morgan fingerprint density at radius 2 is 2.08 bits per heavy atom. The van der Waals surface area contributed by atoms with Gasteiger partial charge >= 0.3 is 0 Å². The quantitative estimate of drug-likeness (QED) is 0.676. The fraction of sp³-hybridized carbons (Fsp3) is 0.375. The van der Waals surface area contributed by atoms with Crippen molar-refractivity contribution >= 4 is 5.91 Å². The van der Waals surface area contributed by atoms with Crippen molar-refractivity contribution < 1.29 is 9.63 Å². The Labute approximate surface area is 71.1 Å². The number of hydroxylamine groups is 1. The largest absolute Gasteiger partial charge is 0.342 e. The van der Waals surface area contributed by atoms with Gasteiger partial charge in [0.2, 0.25) is 0 Å². The van der Waals surface area contributed by atoms with Gasteiger partial charge in [-0.2, -0.15) is 0 Å². The first-order valence-corrected chi connectivity index (χ1v) is 3.71. The monoisotopic (exact) mass is 168 g/mol. The maximum absolute atomic E-state index is 11.2. The molecule has 1 heterocycles. The van der Waals surface area contributed by atoms with Gasteiger partial charge in [0.15, 0.2) is 0 Å². The molecule has 1 aromatic rings. The van der Waals surface area contributed by atoms with E-state index in [9.17, 15) is 4.79 Å². The number of hydrogen-bond donors (Lipinski definition) is 1. The average molecular weight is 168 g/mol. The molecule has 0 aliphatic rings. The molecule has 0 aliphatic heterocycles. The van der Waals surface area contributed by atoms with Crippen LogP contribution in [0.4, 0.5) is 0 Å². The summed E-state index contributed by atoms with van der Waals surface area (Å²) in [6.45, 7) is 1.80. The molecule has 0 aromatic carbocycles. The SMILES string of the molecule is CONC(=O)C(C)n1cccc1. The summed E-state index contributed by atoms with van der Waals surface area (Å²) in [6.07, 6.45) is 3.67. The van der Waals surface area contributed by atoms with Crippen LogP contribution in [0.1, 0.15) is 13.0 Å². The second kappa shape index (κ2) is 3.92. The van der Waals surface area contributed by atoms with Crippen molar-refractivity contribution in [3.8, 4) is 0 Å². The van der Waals surface area contributed by atoms with Gasteiger partial charge < -0.3 is 4.57 Å². The number of carbonyl (C=O) groups is 1. The number of nitrogens with one attached hydrogen (secondary N) is 1. The van der Waals surface area contributed by atoms with E-state index in [1.807, 2.05) is 24.5 Å². The zero-order valence-corrected chi connectivity index (χ0v) is 7.15. The number of aromatic nitrogens is 1. The third-order valence-electron chi connectivity index (χ3n) is 1.66. The maximum Gasteiger partial charge on any atom is 0.266 e. The Hall–Kier alpha value is -1.29. The number of rotatable bonds is 3. The zero-order chi connectivity index (χ0) is 8.97. The summed E-state index contributed by atoms with van der Waals surface area (Å²) in [4.78, 5) is 15.7. The second-order valence-electron chi connectivity index (χ2n) is 2.48. The molecular weight excluding hydrogens is 156 g/mol. The summed E-state index contributed by atoms with van der Waals surface area (Å²) >= 11 is 0. The Balaban J connectivity index is 2.59. The Kier molecular flexibility index (Phi) is 2.88. The molecule has 0 saturated heterocycles. The standard InChI is InChI=1S/C8H12N2O2/c1-7(8(11)9-12-2)10-5-3-4-6-10/h3-7H,1-2H3,(H,9,11). The summed E-state index contributed by atoms with van der Waals surface area (Å²) < 4.78 is 1.80. The van der Waals surface area contributed by atoms with Gasteiger partial charge in [0.25, 0.3) is 5.91 Å². The van der Waals surface area contributed by atoms with E-state index in [0.717, 1.165) is 0 Å². The third-order valence-corrected chi connectivity index (χ3v) is 1.66. The number of hydrogen-bond acceptors (Lipinski definition) is 2. The van der Waals surface area contributed by atoms with Crippen LogP contribution in [-0.2, 0) is 9.63 Å². The van der Waals surface area contributed by atoms with Gasteiger partial charge in [-0.25, -0.2) is 5.48 Å². The van der Waals surface area contributed by atoms with Gasteiger partial charge in [0.05, 0.1) is 7.11 Å². The van der Waals surface area contributed by atoms with Gasteiger partial charge in [0, 0.05) is 12.4 Å². The summed E-state index contributed by atoms with van der Waals surface area (Å²) in [5.74, 6) is -0.159. The van der Waals surface area contributed by atoms with E-state index >= 15 is 0 Å². The van der Waals surface area contributed by atoms with Crippen LogP contribution in [-0.4, -0.2) is 17.6 Å². The topological polar surface area (TPSA) is 43.3 Å². The van der Waals surface area contributed by atoms with Gasteiger partial charge in [-0.15, -0.1) is 0 Å². The highest BCUT2D eigenvalue weighted by atomic mass is 16.6. The van der Waals surface area contributed by atoms with Crippen LogP contribution in [0.15, 0.2) is 24.5 Å². The Bertz CT molecular complexity index is 244. The number of amides is 1. The molecule has 1 atom stereocenters. The van der Waals surface area contributed by atoms with E-state index in [1.54, 1.807) is 11.5 Å². The average Bonchev–Trinajstić information content (AvgIpc) is 2.55. The molecule has 4 nitrogen and oxygen atoms in total. The molecule has 66 valence electrons. The van der Waals surface area contributed by atoms with Crippen molar-refractivity contribution in [2.75, 3.05) is 7.11 Å². The molecule has 1 aromatic heterocycles. The van der Waals surface area contributed by atoms with Gasteiger partial charge in [-0.3, -0.25) is 9.63 Å². The molecular formula is C8H12N2O2. The first-order valence-electron chi connectivity index (χ1n) is 3.71. The smallest absolute Gasteiger partial charge is 0.266 e. The minimum atomic E-state index is -0.236. The van der Waals surface area contributed by atoms with Crippen molar-refractivity contribution in [1.29, 1.82) is 0 Å². The van der Waals surface area contributed by atoms with Crippen LogP contribution in [0.5, 0.6) is 0 Å². The van der Waals surface area contributed by atoms with Crippen molar-refractivity contribution in [2.45, 2.75) is 13.0 Å². The lowest BCUT2D eigenvalue weighted by Crippen LogP contribution is -2.29. The number of carbonyl (C=O) groups excluding carboxylic acids is 1. The normalized spacial score (nSPS) is 12.5. The molecule has 0 saturated carbocycles. The van der Waals surface area contributed by atoms with Crippen LogP contribution >= 0.6 is 0 Å². The van der Waals surface area contributed by atoms with Crippen molar-refractivity contribution in [1.82, 2.24) is 10.0 Å². The lowest BCUT2D eigenvalue weighted by molar-refractivity contribution is -0.134. The minimum Gasteiger partial charge on any atom is -0.342 e. The first-order chi connectivity index (χ1) is 5.75. The van der Waals surface area contributed by atoms with E-state index in [0.29, 0.717) is 0 Å². The van der Waals surface area contributed by atoms with Crippen LogP contribution < -0.4 is 5.48 Å². The highest BCUT2D eigenvalue weighted by Gasteiger charge is 2.12. The Morgan fingerprint density at radius 1 is 1.50 bits per heavy atom. The zero-order valence-electron chi connectivity index (χ0n) is 7.15. The molecule has 1 amide bonds. The van der Waals surface area contributed by atoms with Crippen LogP contribution in [0, 0.1) is 0 Å². The molecule has 1 N–H and O–H groups in total. The van der Waals surface area contributed by atoms with Crippen LogP contribution in [0.25, 0.3) is 0 Å². The predicted octanol–water partition coefficient (Wildman–Crippen LogP) is 0.727. The maximum atomic E-state index is 11.2. The van der Waals surface area contributed by atoms with E-state index in [4.69, 9.17) is 0 Å². The molecule has 4 heteroatoms. The van der Waals surface area contributed by atoms with E-state index in [-0.39, 0.29) is 11.9 Å². The van der Waals surface area contributed by atoms with Crippen molar-refractivity contribution in [3.05, 3.63) is 24.5 Å². The minimum absolute atomic E-state index is 0.159. The molecule has 1 rings (SSSR count). The lowest BCUT2D eigenvalue weighted by atomic mass is 10.3. The summed E-state index contributed by atoms with van der Waals surface area (Å²) in [5.41, 5.74) is 2.27. The van der Waals surface area contributed by atoms with Crippen molar-refractivity contribution in [3.63, 3.8) is 0 Å². The van der Waals surface area contributed by atoms with Gasteiger partial charge in [-0.05, 0) is 19.1 Å². The molecule has 0 aliphatic carbocycles. The number of nitrogens with zero attached hydrogens (tertiary/aromatic N) is 1.